The first kappa shape index (κ1) is 18.6. The van der Waals surface area contributed by atoms with E-state index in [9.17, 15) is 18.7 Å². The van der Waals surface area contributed by atoms with E-state index in [1.807, 2.05) is 4.90 Å². The second-order valence-electron chi connectivity index (χ2n) is 8.46. The highest BCUT2D eigenvalue weighted by molar-refractivity contribution is 5.80. The number of amides is 1. The first-order valence-electron chi connectivity index (χ1n) is 9.74. The molecular weight excluding hydrogens is 354 g/mol. The number of hydrogen-bond acceptors (Lipinski definition) is 4. The highest BCUT2D eigenvalue weighted by atomic mass is 19.3. The Hall–Kier alpha value is -1.76. The number of aliphatic hydroxyl groups is 1. The van der Waals surface area contributed by atoms with E-state index in [4.69, 9.17) is 4.74 Å². The Morgan fingerprint density at radius 2 is 1.96 bits per heavy atom. The van der Waals surface area contributed by atoms with Crippen molar-refractivity contribution < 1.29 is 23.4 Å². The fourth-order valence-corrected chi connectivity index (χ4v) is 4.62. The third kappa shape index (κ3) is 3.66. The van der Waals surface area contributed by atoms with Gasteiger partial charge in [-0.3, -0.25) is 4.79 Å². The Kier molecular flexibility index (Phi) is 4.82. The van der Waals surface area contributed by atoms with Gasteiger partial charge in [-0.1, -0.05) is 0 Å². The molecule has 3 fully saturated rings. The van der Waals surface area contributed by atoms with Crippen LogP contribution in [0, 0.1) is 18.3 Å². The highest BCUT2D eigenvalue weighted by Crippen LogP contribution is 2.46. The molecule has 27 heavy (non-hydrogen) atoms. The number of halogens is 2. The first-order chi connectivity index (χ1) is 12.8. The summed E-state index contributed by atoms with van der Waals surface area (Å²) in [5.41, 5.74) is 0.466. The first-order valence-corrected chi connectivity index (χ1v) is 9.74. The molecular formula is C20H26F2N2O3. The van der Waals surface area contributed by atoms with E-state index in [0.717, 1.165) is 38.8 Å². The van der Waals surface area contributed by atoms with Crippen LogP contribution in [0.1, 0.15) is 56.2 Å². The van der Waals surface area contributed by atoms with Gasteiger partial charge in [0.2, 0.25) is 11.8 Å². The Morgan fingerprint density at radius 1 is 1.30 bits per heavy atom. The molecule has 1 amide bonds. The molecule has 7 heteroatoms. The van der Waals surface area contributed by atoms with Gasteiger partial charge in [-0.15, -0.1) is 0 Å². The number of aromatic nitrogens is 1. The number of alkyl halides is 2. The maximum absolute atomic E-state index is 12.8. The summed E-state index contributed by atoms with van der Waals surface area (Å²) >= 11 is 0. The minimum atomic E-state index is -2.52. The molecule has 1 aliphatic heterocycles. The minimum absolute atomic E-state index is 0.0162. The highest BCUT2D eigenvalue weighted by Gasteiger charge is 2.49. The van der Waals surface area contributed by atoms with Gasteiger partial charge in [-0.2, -0.15) is 0 Å². The number of nitrogens with zero attached hydrogens (tertiary/aromatic N) is 2. The van der Waals surface area contributed by atoms with Crippen LogP contribution in [-0.2, 0) is 4.79 Å². The van der Waals surface area contributed by atoms with Crippen molar-refractivity contribution in [2.24, 2.45) is 11.3 Å². The summed E-state index contributed by atoms with van der Waals surface area (Å²) < 4.78 is 31.5. The van der Waals surface area contributed by atoms with Crippen LogP contribution in [0.25, 0.3) is 0 Å². The van der Waals surface area contributed by atoms with Crippen LogP contribution in [0.4, 0.5) is 8.78 Å². The van der Waals surface area contributed by atoms with Crippen LogP contribution in [-0.4, -0.2) is 46.2 Å². The summed E-state index contributed by atoms with van der Waals surface area (Å²) in [6, 6.07) is 2.91. The maximum atomic E-state index is 12.8. The van der Waals surface area contributed by atoms with E-state index < -0.39 is 6.43 Å². The summed E-state index contributed by atoms with van der Waals surface area (Å²) in [4.78, 5) is 18.4. The van der Waals surface area contributed by atoms with Gasteiger partial charge < -0.3 is 14.7 Å². The second kappa shape index (κ2) is 7.00. The zero-order valence-corrected chi connectivity index (χ0v) is 15.5. The van der Waals surface area contributed by atoms with Gasteiger partial charge in [0.05, 0.1) is 11.8 Å². The molecule has 0 aromatic carbocycles. The average molecular weight is 380 g/mol. The molecule has 0 bridgehead atoms. The van der Waals surface area contributed by atoms with Crippen LogP contribution in [0.5, 0.6) is 5.88 Å². The molecule has 1 saturated heterocycles. The number of pyridine rings is 1. The smallest absolute Gasteiger partial charge is 0.265 e. The Morgan fingerprint density at radius 3 is 2.52 bits per heavy atom. The fourth-order valence-electron chi connectivity index (χ4n) is 4.62. The van der Waals surface area contributed by atoms with E-state index in [1.165, 1.54) is 12.1 Å². The van der Waals surface area contributed by atoms with Crippen molar-refractivity contribution in [1.82, 2.24) is 9.88 Å². The molecule has 1 spiro atoms. The van der Waals surface area contributed by atoms with Gasteiger partial charge in [0, 0.05) is 36.1 Å². The number of aliphatic hydroxyl groups excluding tert-OH is 1. The molecule has 1 N–H and O–H groups in total. The van der Waals surface area contributed by atoms with Crippen molar-refractivity contribution in [3.05, 3.63) is 23.4 Å². The predicted octanol–water partition coefficient (Wildman–Crippen LogP) is 3.25. The van der Waals surface area contributed by atoms with Gasteiger partial charge in [-0.05, 0) is 51.5 Å². The predicted molar refractivity (Wildman–Crippen MR) is 94.6 cm³/mol. The van der Waals surface area contributed by atoms with E-state index in [-0.39, 0.29) is 35.0 Å². The molecule has 0 unspecified atom stereocenters. The van der Waals surface area contributed by atoms with Crippen molar-refractivity contribution in [1.29, 1.82) is 0 Å². The van der Waals surface area contributed by atoms with E-state index in [2.05, 4.69) is 4.98 Å². The molecule has 2 aliphatic carbocycles. The number of aryl methyl sites for hydroxylation is 1. The van der Waals surface area contributed by atoms with Gasteiger partial charge in [0.1, 0.15) is 6.10 Å². The third-order valence-electron chi connectivity index (χ3n) is 6.44. The second-order valence-corrected chi connectivity index (χ2v) is 8.46. The van der Waals surface area contributed by atoms with E-state index >= 15 is 0 Å². The summed E-state index contributed by atoms with van der Waals surface area (Å²) in [6.45, 7) is 3.20. The lowest BCUT2D eigenvalue weighted by atomic mass is 9.67. The van der Waals surface area contributed by atoms with Gasteiger partial charge in [0.15, 0.2) is 0 Å². The Balaban J connectivity index is 1.25. The number of carbonyl (C=O) groups excluding carboxylic acids is 1. The molecule has 5 nitrogen and oxygen atoms in total. The summed E-state index contributed by atoms with van der Waals surface area (Å²) in [5, 5.41) is 9.36. The standard InChI is InChI=1S/C20H26F2N2O3/c1-12-16(18(21)22)2-3-17(23-12)27-15-4-6-20(7-5-15)10-24(11-20)19(26)13-8-14(25)9-13/h2-3,13-15,18,25H,4-11H2,1H3. The molecule has 3 aliphatic rings. The Bertz CT molecular complexity index is 705. The number of carbonyl (C=O) groups is 1. The van der Waals surface area contributed by atoms with Crippen molar-refractivity contribution in [2.75, 3.05) is 13.1 Å². The van der Waals surface area contributed by atoms with Crippen LogP contribution in [0.15, 0.2) is 12.1 Å². The zero-order valence-electron chi connectivity index (χ0n) is 15.5. The van der Waals surface area contributed by atoms with Crippen molar-refractivity contribution >= 4 is 5.91 Å². The number of ether oxygens (including phenoxy) is 1. The van der Waals surface area contributed by atoms with E-state index in [0.29, 0.717) is 24.4 Å². The fraction of sp³-hybridized carbons (Fsp3) is 0.700. The largest absolute Gasteiger partial charge is 0.474 e. The van der Waals surface area contributed by atoms with Crippen LogP contribution < -0.4 is 4.74 Å². The summed E-state index contributed by atoms with van der Waals surface area (Å²) in [7, 11) is 0. The number of likely N-dealkylation sites (tertiary alicyclic amines) is 1. The maximum Gasteiger partial charge on any atom is 0.265 e. The van der Waals surface area contributed by atoms with Crippen LogP contribution >= 0.6 is 0 Å². The Labute approximate surface area is 157 Å². The lowest BCUT2D eigenvalue weighted by Crippen LogP contribution is -2.62. The molecule has 1 aromatic heterocycles. The summed E-state index contributed by atoms with van der Waals surface area (Å²) in [6.07, 6.45) is 2.23. The SMILES string of the molecule is Cc1nc(OC2CCC3(CC2)CN(C(=O)C2CC(O)C2)C3)ccc1C(F)F. The van der Waals surface area contributed by atoms with Gasteiger partial charge >= 0.3 is 0 Å². The van der Waals surface area contributed by atoms with Crippen LogP contribution in [0.2, 0.25) is 0 Å². The van der Waals surface area contributed by atoms with Crippen molar-refractivity contribution in [2.45, 2.75) is 64.1 Å². The van der Waals surface area contributed by atoms with Crippen molar-refractivity contribution in [3.63, 3.8) is 0 Å². The molecule has 0 atom stereocenters. The third-order valence-corrected chi connectivity index (χ3v) is 6.44. The molecule has 1 aromatic rings. The topological polar surface area (TPSA) is 62.7 Å². The zero-order chi connectivity index (χ0) is 19.2. The molecule has 0 radical (unpaired) electrons. The molecule has 4 rings (SSSR count). The normalized spacial score (nSPS) is 27.4. The van der Waals surface area contributed by atoms with Crippen molar-refractivity contribution in [3.8, 4) is 5.88 Å². The monoisotopic (exact) mass is 380 g/mol. The van der Waals surface area contributed by atoms with Gasteiger partial charge in [0.25, 0.3) is 6.43 Å². The minimum Gasteiger partial charge on any atom is -0.474 e. The molecule has 148 valence electrons. The van der Waals surface area contributed by atoms with E-state index in [1.54, 1.807) is 6.92 Å². The van der Waals surface area contributed by atoms with Gasteiger partial charge in [-0.25, -0.2) is 13.8 Å². The lowest BCUT2D eigenvalue weighted by Gasteiger charge is -2.54. The molecule has 2 heterocycles. The number of hydrogen-bond donors (Lipinski definition) is 1. The summed E-state index contributed by atoms with van der Waals surface area (Å²) in [5.74, 6) is 0.623. The quantitative estimate of drug-likeness (QED) is 0.871. The average Bonchev–Trinajstić information content (AvgIpc) is 2.57. The van der Waals surface area contributed by atoms with Crippen LogP contribution in [0.3, 0.4) is 0 Å². The number of rotatable bonds is 4. The lowest BCUT2D eigenvalue weighted by molar-refractivity contribution is -0.158. The molecule has 2 saturated carbocycles.